The Bertz CT molecular complexity index is 452. The molecule has 2 atom stereocenters. The summed E-state index contributed by atoms with van der Waals surface area (Å²) in [5.41, 5.74) is 0.750. The molecule has 1 fully saturated rings. The third-order valence-electron chi connectivity index (χ3n) is 3.03. The summed E-state index contributed by atoms with van der Waals surface area (Å²) in [7, 11) is -1.17. The Balaban J connectivity index is 1.77. The van der Waals surface area contributed by atoms with E-state index in [4.69, 9.17) is 4.74 Å². The van der Waals surface area contributed by atoms with Crippen LogP contribution in [0.15, 0.2) is 24.3 Å². The molecule has 104 valence electrons. The van der Waals surface area contributed by atoms with E-state index in [0.29, 0.717) is 5.75 Å². The Labute approximate surface area is 114 Å². The van der Waals surface area contributed by atoms with E-state index >= 15 is 0 Å². The molecule has 0 aliphatic carbocycles. The van der Waals surface area contributed by atoms with Gasteiger partial charge < -0.3 is 4.74 Å². The molecule has 0 aromatic heterocycles. The smallest absolute Gasteiger partial charge is 0.149 e. The van der Waals surface area contributed by atoms with Gasteiger partial charge in [0.1, 0.15) is 11.6 Å². The van der Waals surface area contributed by atoms with Crippen molar-refractivity contribution in [3.05, 3.63) is 35.6 Å². The second-order valence-electron chi connectivity index (χ2n) is 4.73. The molecular formula is C14H17FO3S. The Morgan fingerprint density at radius 2 is 2.11 bits per heavy atom. The van der Waals surface area contributed by atoms with Crippen molar-refractivity contribution in [3.8, 4) is 0 Å². The van der Waals surface area contributed by atoms with Crippen LogP contribution in [0.25, 0.3) is 0 Å². The van der Waals surface area contributed by atoms with Gasteiger partial charge in [-0.05, 0) is 30.5 Å². The monoisotopic (exact) mass is 284 g/mol. The van der Waals surface area contributed by atoms with Crippen molar-refractivity contribution in [1.82, 2.24) is 0 Å². The van der Waals surface area contributed by atoms with E-state index in [9.17, 15) is 13.4 Å². The van der Waals surface area contributed by atoms with Crippen molar-refractivity contribution in [3.63, 3.8) is 0 Å². The molecule has 19 heavy (non-hydrogen) atoms. The number of benzene rings is 1. The molecule has 1 aromatic rings. The van der Waals surface area contributed by atoms with Gasteiger partial charge in [-0.15, -0.1) is 0 Å². The summed E-state index contributed by atoms with van der Waals surface area (Å²) < 4.78 is 29.9. The minimum Gasteiger partial charge on any atom is -0.377 e. The predicted molar refractivity (Wildman–Crippen MR) is 72.0 cm³/mol. The van der Waals surface area contributed by atoms with Gasteiger partial charge in [-0.1, -0.05) is 12.1 Å². The fourth-order valence-electron chi connectivity index (χ4n) is 2.10. The molecule has 2 unspecified atom stereocenters. The zero-order valence-corrected chi connectivity index (χ0v) is 11.5. The molecule has 1 heterocycles. The molecule has 1 aliphatic heterocycles. The highest BCUT2D eigenvalue weighted by Crippen LogP contribution is 2.13. The van der Waals surface area contributed by atoms with Crippen LogP contribution in [0.3, 0.4) is 0 Å². The lowest BCUT2D eigenvalue weighted by molar-refractivity contribution is -0.116. The standard InChI is InChI=1S/C14H17FO3S/c15-12-5-3-11(4-6-12)8-13(16)9-19(17)10-14-2-1-7-18-14/h3-6,14H,1-2,7-10H2. The van der Waals surface area contributed by atoms with Gasteiger partial charge in [-0.2, -0.15) is 0 Å². The summed E-state index contributed by atoms with van der Waals surface area (Å²) in [6, 6.07) is 5.81. The first-order chi connectivity index (χ1) is 9.13. The second-order valence-corrected chi connectivity index (χ2v) is 6.23. The number of rotatable bonds is 6. The Kier molecular flexibility index (Phi) is 5.22. The molecule has 5 heteroatoms. The maximum Gasteiger partial charge on any atom is 0.149 e. The third kappa shape index (κ3) is 4.84. The van der Waals surface area contributed by atoms with Gasteiger partial charge in [0.2, 0.25) is 0 Å². The van der Waals surface area contributed by atoms with Crippen molar-refractivity contribution in [2.45, 2.75) is 25.4 Å². The summed E-state index contributed by atoms with van der Waals surface area (Å²) in [6.45, 7) is 0.728. The molecule has 1 saturated heterocycles. The number of halogens is 1. The summed E-state index contributed by atoms with van der Waals surface area (Å²) in [5.74, 6) is 0.0907. The normalized spacial score (nSPS) is 20.4. The molecule has 1 aromatic carbocycles. The average Bonchev–Trinajstić information content (AvgIpc) is 2.84. The fourth-order valence-corrected chi connectivity index (χ4v) is 3.36. The van der Waals surface area contributed by atoms with Crippen LogP contribution < -0.4 is 0 Å². The highest BCUT2D eigenvalue weighted by molar-refractivity contribution is 7.85. The van der Waals surface area contributed by atoms with Crippen molar-refractivity contribution in [1.29, 1.82) is 0 Å². The van der Waals surface area contributed by atoms with Gasteiger partial charge in [0, 0.05) is 23.8 Å². The molecule has 0 bridgehead atoms. The molecular weight excluding hydrogens is 267 g/mol. The van der Waals surface area contributed by atoms with Gasteiger partial charge >= 0.3 is 0 Å². The van der Waals surface area contributed by atoms with Gasteiger partial charge in [0.25, 0.3) is 0 Å². The highest BCUT2D eigenvalue weighted by atomic mass is 32.2. The van der Waals surface area contributed by atoms with E-state index in [1.165, 1.54) is 12.1 Å². The van der Waals surface area contributed by atoms with E-state index in [0.717, 1.165) is 25.0 Å². The maximum absolute atomic E-state index is 12.7. The zero-order chi connectivity index (χ0) is 13.7. The summed E-state index contributed by atoms with van der Waals surface area (Å²) in [4.78, 5) is 11.8. The van der Waals surface area contributed by atoms with Crippen LogP contribution in [0, 0.1) is 5.82 Å². The molecule has 3 nitrogen and oxygen atoms in total. The number of hydrogen-bond donors (Lipinski definition) is 0. The minimum absolute atomic E-state index is 0.0412. The third-order valence-corrected chi connectivity index (χ3v) is 4.42. The van der Waals surface area contributed by atoms with Crippen LogP contribution in [0.2, 0.25) is 0 Å². The van der Waals surface area contributed by atoms with E-state index in [-0.39, 0.29) is 29.9 Å². The molecule has 0 radical (unpaired) electrons. The molecule has 0 spiro atoms. The molecule has 2 rings (SSSR count). The molecule has 1 aliphatic rings. The number of ether oxygens (including phenoxy) is 1. The lowest BCUT2D eigenvalue weighted by Crippen LogP contribution is -2.22. The predicted octanol–water partition coefficient (Wildman–Crippen LogP) is 1.86. The number of hydrogen-bond acceptors (Lipinski definition) is 3. The topological polar surface area (TPSA) is 43.4 Å². The highest BCUT2D eigenvalue weighted by Gasteiger charge is 2.19. The maximum atomic E-state index is 12.7. The Morgan fingerprint density at radius 1 is 1.37 bits per heavy atom. The van der Waals surface area contributed by atoms with Crippen LogP contribution >= 0.6 is 0 Å². The van der Waals surface area contributed by atoms with Gasteiger partial charge in [-0.3, -0.25) is 9.00 Å². The van der Waals surface area contributed by atoms with Crippen LogP contribution in [0.4, 0.5) is 4.39 Å². The number of ketones is 1. The second kappa shape index (κ2) is 6.91. The van der Waals surface area contributed by atoms with Crippen LogP contribution in [0.1, 0.15) is 18.4 Å². The first kappa shape index (κ1) is 14.3. The largest absolute Gasteiger partial charge is 0.377 e. The average molecular weight is 284 g/mol. The molecule has 0 N–H and O–H groups in total. The van der Waals surface area contributed by atoms with E-state index < -0.39 is 10.8 Å². The fraction of sp³-hybridized carbons (Fsp3) is 0.500. The van der Waals surface area contributed by atoms with E-state index in [1.807, 2.05) is 0 Å². The summed E-state index contributed by atoms with van der Waals surface area (Å²) in [6.07, 6.45) is 2.18. The van der Waals surface area contributed by atoms with Crippen molar-refractivity contribution < 1.29 is 18.1 Å². The first-order valence-electron chi connectivity index (χ1n) is 6.36. The Morgan fingerprint density at radius 3 is 2.74 bits per heavy atom. The SMILES string of the molecule is O=C(Cc1ccc(F)cc1)CS(=O)CC1CCCO1. The minimum atomic E-state index is -1.17. The molecule has 0 amide bonds. The van der Waals surface area contributed by atoms with Gasteiger partial charge in [-0.25, -0.2) is 4.39 Å². The zero-order valence-electron chi connectivity index (χ0n) is 10.6. The van der Waals surface area contributed by atoms with Crippen molar-refractivity contribution in [2.75, 3.05) is 18.1 Å². The number of carbonyl (C=O) groups excluding carboxylic acids is 1. The summed E-state index contributed by atoms with van der Waals surface area (Å²) >= 11 is 0. The van der Waals surface area contributed by atoms with E-state index in [1.54, 1.807) is 12.1 Å². The van der Waals surface area contributed by atoms with Crippen LogP contribution in [-0.4, -0.2) is 34.2 Å². The number of carbonyl (C=O) groups is 1. The summed E-state index contributed by atoms with van der Waals surface area (Å²) in [5, 5.41) is 0. The first-order valence-corrected chi connectivity index (χ1v) is 7.85. The van der Waals surface area contributed by atoms with Crippen molar-refractivity contribution in [2.24, 2.45) is 0 Å². The lowest BCUT2D eigenvalue weighted by atomic mass is 10.1. The van der Waals surface area contributed by atoms with Crippen molar-refractivity contribution >= 4 is 16.6 Å². The lowest BCUT2D eigenvalue weighted by Gasteiger charge is -2.08. The quantitative estimate of drug-likeness (QED) is 0.801. The van der Waals surface area contributed by atoms with E-state index in [2.05, 4.69) is 0 Å². The van der Waals surface area contributed by atoms with Gasteiger partial charge in [0.05, 0.1) is 17.6 Å². The van der Waals surface area contributed by atoms with Crippen LogP contribution in [-0.2, 0) is 26.8 Å². The Hall–Kier alpha value is -1.07. The van der Waals surface area contributed by atoms with Gasteiger partial charge in [0.15, 0.2) is 0 Å². The molecule has 0 saturated carbocycles. The van der Waals surface area contributed by atoms with Crippen LogP contribution in [0.5, 0.6) is 0 Å². The number of Topliss-reactive ketones (excluding diaryl/α,β-unsaturated/α-hetero) is 1.